The highest BCUT2D eigenvalue weighted by Crippen LogP contribution is 2.39. The van der Waals surface area contributed by atoms with Crippen LogP contribution in [0.3, 0.4) is 0 Å². The Labute approximate surface area is 107 Å². The smallest absolute Gasteiger partial charge is 0.322 e. The van der Waals surface area contributed by atoms with Crippen LogP contribution in [0.15, 0.2) is 0 Å². The van der Waals surface area contributed by atoms with Gasteiger partial charge >= 0.3 is 5.97 Å². The lowest BCUT2D eigenvalue weighted by Gasteiger charge is -2.33. The maximum Gasteiger partial charge on any atom is 0.322 e. The largest absolute Gasteiger partial charge is 0.468 e. The zero-order chi connectivity index (χ0) is 13.2. The molecule has 1 aliphatic carbocycles. The molecule has 2 rings (SSSR count). The molecule has 2 atom stereocenters. The SMILES string of the molecule is COC(=O)C(N)CC1CC2(CCCCC2)NC1=O. The van der Waals surface area contributed by atoms with Crippen molar-refractivity contribution in [2.75, 3.05) is 7.11 Å². The van der Waals surface area contributed by atoms with Crippen molar-refractivity contribution < 1.29 is 14.3 Å². The molecule has 2 fully saturated rings. The van der Waals surface area contributed by atoms with Gasteiger partial charge in [0.05, 0.1) is 7.11 Å². The van der Waals surface area contributed by atoms with E-state index < -0.39 is 12.0 Å². The summed E-state index contributed by atoms with van der Waals surface area (Å²) < 4.78 is 4.60. The van der Waals surface area contributed by atoms with Crippen LogP contribution >= 0.6 is 0 Å². The summed E-state index contributed by atoms with van der Waals surface area (Å²) in [4.78, 5) is 23.3. The number of amides is 1. The molecule has 0 aromatic rings. The second-order valence-electron chi connectivity index (χ2n) is 5.60. The maximum absolute atomic E-state index is 12.0. The molecule has 5 heteroatoms. The van der Waals surface area contributed by atoms with Gasteiger partial charge in [0.15, 0.2) is 0 Å². The van der Waals surface area contributed by atoms with Crippen LogP contribution in [0.5, 0.6) is 0 Å². The number of hydrogen-bond acceptors (Lipinski definition) is 4. The Morgan fingerprint density at radius 3 is 2.78 bits per heavy atom. The monoisotopic (exact) mass is 254 g/mol. The lowest BCUT2D eigenvalue weighted by Crippen LogP contribution is -2.42. The van der Waals surface area contributed by atoms with E-state index in [2.05, 4.69) is 10.1 Å². The van der Waals surface area contributed by atoms with E-state index in [9.17, 15) is 9.59 Å². The summed E-state index contributed by atoms with van der Waals surface area (Å²) in [7, 11) is 1.32. The average Bonchev–Trinajstić information content (AvgIpc) is 2.65. The van der Waals surface area contributed by atoms with Crippen molar-refractivity contribution in [3.8, 4) is 0 Å². The molecule has 1 saturated carbocycles. The van der Waals surface area contributed by atoms with Crippen LogP contribution in [0, 0.1) is 5.92 Å². The molecule has 0 radical (unpaired) electrons. The van der Waals surface area contributed by atoms with Crippen molar-refractivity contribution in [2.24, 2.45) is 11.7 Å². The minimum atomic E-state index is -0.690. The summed E-state index contributed by atoms with van der Waals surface area (Å²) in [6.07, 6.45) is 6.93. The molecule has 0 aromatic heterocycles. The Hall–Kier alpha value is -1.10. The molecule has 102 valence electrons. The molecule has 1 aliphatic heterocycles. The first-order valence-corrected chi connectivity index (χ1v) is 6.72. The number of carbonyl (C=O) groups is 2. The summed E-state index contributed by atoms with van der Waals surface area (Å²) in [6.45, 7) is 0. The van der Waals surface area contributed by atoms with Crippen molar-refractivity contribution in [1.29, 1.82) is 0 Å². The van der Waals surface area contributed by atoms with Crippen LogP contribution in [-0.4, -0.2) is 30.6 Å². The topological polar surface area (TPSA) is 81.4 Å². The van der Waals surface area contributed by atoms with Crippen molar-refractivity contribution >= 4 is 11.9 Å². The number of nitrogens with two attached hydrogens (primary N) is 1. The Kier molecular flexibility index (Phi) is 3.90. The fraction of sp³-hybridized carbons (Fsp3) is 0.846. The predicted molar refractivity (Wildman–Crippen MR) is 66.7 cm³/mol. The maximum atomic E-state index is 12.0. The van der Waals surface area contributed by atoms with Crippen LogP contribution in [0.25, 0.3) is 0 Å². The van der Waals surface area contributed by atoms with Crippen molar-refractivity contribution in [2.45, 2.75) is 56.5 Å². The van der Waals surface area contributed by atoms with Crippen molar-refractivity contribution in [3.05, 3.63) is 0 Å². The standard InChI is InChI=1S/C13H22N2O3/c1-18-12(17)10(14)7-9-8-13(15-11(9)16)5-3-2-4-6-13/h9-10H,2-8,14H2,1H3,(H,15,16). The highest BCUT2D eigenvalue weighted by molar-refractivity contribution is 5.83. The van der Waals surface area contributed by atoms with Gasteiger partial charge in [-0.3, -0.25) is 9.59 Å². The van der Waals surface area contributed by atoms with Crippen LogP contribution in [0.4, 0.5) is 0 Å². The average molecular weight is 254 g/mol. The van der Waals surface area contributed by atoms with E-state index in [-0.39, 0.29) is 17.4 Å². The number of rotatable bonds is 3. The molecular weight excluding hydrogens is 232 g/mol. The minimum absolute atomic E-state index is 0.0180. The van der Waals surface area contributed by atoms with E-state index in [1.165, 1.54) is 26.4 Å². The summed E-state index contributed by atoms with van der Waals surface area (Å²) in [5.41, 5.74) is 5.72. The molecule has 2 unspecified atom stereocenters. The lowest BCUT2D eigenvalue weighted by atomic mass is 9.78. The van der Waals surface area contributed by atoms with Crippen LogP contribution in [-0.2, 0) is 14.3 Å². The first-order chi connectivity index (χ1) is 8.56. The van der Waals surface area contributed by atoms with Gasteiger partial charge in [0.25, 0.3) is 0 Å². The Morgan fingerprint density at radius 1 is 1.50 bits per heavy atom. The van der Waals surface area contributed by atoms with Crippen molar-refractivity contribution in [1.82, 2.24) is 5.32 Å². The summed E-state index contributed by atoms with van der Waals surface area (Å²) in [5.74, 6) is -0.527. The first kappa shape index (κ1) is 13.3. The third-order valence-corrected chi connectivity index (χ3v) is 4.25. The molecule has 2 aliphatic rings. The van der Waals surface area contributed by atoms with Crippen molar-refractivity contribution in [3.63, 3.8) is 0 Å². The fourth-order valence-electron chi connectivity index (χ4n) is 3.28. The second-order valence-corrected chi connectivity index (χ2v) is 5.60. The van der Waals surface area contributed by atoms with E-state index in [0.717, 1.165) is 19.3 Å². The second kappa shape index (κ2) is 5.26. The Morgan fingerprint density at radius 2 is 2.17 bits per heavy atom. The van der Waals surface area contributed by atoms with Gasteiger partial charge in [-0.15, -0.1) is 0 Å². The normalized spacial score (nSPS) is 27.9. The van der Waals surface area contributed by atoms with Crippen LogP contribution < -0.4 is 11.1 Å². The summed E-state index contributed by atoms with van der Waals surface area (Å²) >= 11 is 0. The zero-order valence-electron chi connectivity index (χ0n) is 10.9. The molecule has 18 heavy (non-hydrogen) atoms. The van der Waals surface area contributed by atoms with Gasteiger partial charge in [-0.05, 0) is 25.7 Å². The quantitative estimate of drug-likeness (QED) is 0.727. The lowest BCUT2D eigenvalue weighted by molar-refractivity contribution is -0.142. The molecule has 0 bridgehead atoms. The number of nitrogens with one attached hydrogen (secondary N) is 1. The van der Waals surface area contributed by atoms with Gasteiger partial charge in [0.1, 0.15) is 6.04 Å². The van der Waals surface area contributed by atoms with Gasteiger partial charge in [-0.1, -0.05) is 19.3 Å². The molecule has 5 nitrogen and oxygen atoms in total. The molecular formula is C13H22N2O3. The van der Waals surface area contributed by atoms with E-state index in [1.807, 2.05) is 0 Å². The summed E-state index contributed by atoms with van der Waals surface area (Å²) in [6, 6.07) is -0.690. The molecule has 1 amide bonds. The number of esters is 1. The van der Waals surface area contributed by atoms with E-state index in [4.69, 9.17) is 5.73 Å². The van der Waals surface area contributed by atoms with Crippen LogP contribution in [0.2, 0.25) is 0 Å². The van der Waals surface area contributed by atoms with E-state index >= 15 is 0 Å². The number of ether oxygens (including phenoxy) is 1. The van der Waals surface area contributed by atoms with Gasteiger partial charge < -0.3 is 15.8 Å². The molecule has 1 saturated heterocycles. The third kappa shape index (κ3) is 2.66. The molecule has 0 aromatic carbocycles. The zero-order valence-corrected chi connectivity index (χ0v) is 10.9. The molecule has 3 N–H and O–H groups in total. The van der Waals surface area contributed by atoms with Gasteiger partial charge in [0, 0.05) is 11.5 Å². The highest BCUT2D eigenvalue weighted by atomic mass is 16.5. The number of carbonyl (C=O) groups excluding carboxylic acids is 2. The van der Waals surface area contributed by atoms with E-state index in [1.54, 1.807) is 0 Å². The van der Waals surface area contributed by atoms with Gasteiger partial charge in [-0.2, -0.15) is 0 Å². The fourth-order valence-corrected chi connectivity index (χ4v) is 3.28. The van der Waals surface area contributed by atoms with Gasteiger partial charge in [0.2, 0.25) is 5.91 Å². The Bertz CT molecular complexity index is 337. The van der Waals surface area contributed by atoms with Gasteiger partial charge in [-0.25, -0.2) is 0 Å². The van der Waals surface area contributed by atoms with Crippen LogP contribution in [0.1, 0.15) is 44.9 Å². The predicted octanol–water partition coefficient (Wildman–Crippen LogP) is 0.716. The number of hydrogen-bond donors (Lipinski definition) is 2. The first-order valence-electron chi connectivity index (χ1n) is 6.72. The highest BCUT2D eigenvalue weighted by Gasteiger charge is 2.45. The molecule has 1 heterocycles. The molecule has 1 spiro atoms. The minimum Gasteiger partial charge on any atom is -0.468 e. The van der Waals surface area contributed by atoms with E-state index in [0.29, 0.717) is 6.42 Å². The third-order valence-electron chi connectivity index (χ3n) is 4.25. The number of methoxy groups -OCH3 is 1. The Balaban J connectivity index is 1.94. The summed E-state index contributed by atoms with van der Waals surface area (Å²) in [5, 5.41) is 3.14.